The second-order valence-corrected chi connectivity index (χ2v) is 7.86. The summed E-state index contributed by atoms with van der Waals surface area (Å²) in [4.78, 5) is 20.9. The maximum Gasteiger partial charge on any atom is 0.321 e. The molecule has 1 aliphatic carbocycles. The number of allylic oxidation sites excluding steroid dienone is 1. The van der Waals surface area contributed by atoms with E-state index in [-0.39, 0.29) is 11.9 Å². The summed E-state index contributed by atoms with van der Waals surface area (Å²) in [6.07, 6.45) is 11.6. The van der Waals surface area contributed by atoms with Gasteiger partial charge in [0, 0.05) is 30.1 Å². The number of hydrogen-bond acceptors (Lipinski definition) is 4. The number of aromatic nitrogens is 2. The van der Waals surface area contributed by atoms with Crippen LogP contribution in [0.1, 0.15) is 48.0 Å². The van der Waals surface area contributed by atoms with Gasteiger partial charge in [0.05, 0.1) is 0 Å². The normalized spacial score (nSPS) is 13.4. The van der Waals surface area contributed by atoms with Gasteiger partial charge in [-0.3, -0.25) is 4.79 Å². The van der Waals surface area contributed by atoms with E-state index in [0.29, 0.717) is 17.9 Å². The molecule has 5 nitrogen and oxygen atoms in total. The third-order valence-electron chi connectivity index (χ3n) is 5.46. The van der Waals surface area contributed by atoms with Gasteiger partial charge < -0.3 is 10.1 Å². The van der Waals surface area contributed by atoms with E-state index in [2.05, 4.69) is 40.4 Å². The van der Waals surface area contributed by atoms with Crippen molar-refractivity contribution in [3.05, 3.63) is 83.7 Å². The van der Waals surface area contributed by atoms with Gasteiger partial charge in [-0.15, -0.1) is 0 Å². The van der Waals surface area contributed by atoms with Crippen LogP contribution in [-0.4, -0.2) is 22.4 Å². The van der Waals surface area contributed by atoms with E-state index in [9.17, 15) is 4.79 Å². The molecule has 2 aromatic carbocycles. The van der Waals surface area contributed by atoms with Crippen molar-refractivity contribution in [3.63, 3.8) is 0 Å². The number of carbonyl (C=O) groups excluding carboxylic acids is 1. The summed E-state index contributed by atoms with van der Waals surface area (Å²) in [5.74, 6) is 0.522. The number of benzene rings is 2. The zero-order valence-corrected chi connectivity index (χ0v) is 17.8. The Morgan fingerprint density at radius 1 is 0.968 bits per heavy atom. The summed E-state index contributed by atoms with van der Waals surface area (Å²) in [6.45, 7) is 2.73. The van der Waals surface area contributed by atoms with E-state index < -0.39 is 0 Å². The fourth-order valence-corrected chi connectivity index (χ4v) is 3.61. The molecule has 0 saturated heterocycles. The number of nitrogens with one attached hydrogen (secondary N) is 1. The van der Waals surface area contributed by atoms with Crippen LogP contribution in [0.15, 0.2) is 72.6 Å². The van der Waals surface area contributed by atoms with E-state index in [4.69, 9.17) is 4.74 Å². The standard InChI is InChI=1S/C26H27N3O2/c1-19-7-9-21(10-8-19)23-17-28-26(29-18-23)31-24-13-11-22(12-14-24)25(30)27-16-15-20-5-3-2-4-6-20/h5,7-14,17-18H,2-4,6,15-16H2,1H3,(H,27,30). The average Bonchev–Trinajstić information content (AvgIpc) is 2.81. The molecule has 0 radical (unpaired) electrons. The highest BCUT2D eigenvalue weighted by atomic mass is 16.5. The van der Waals surface area contributed by atoms with Gasteiger partial charge in [0.2, 0.25) is 0 Å². The van der Waals surface area contributed by atoms with Crippen LogP contribution in [-0.2, 0) is 0 Å². The van der Waals surface area contributed by atoms with Gasteiger partial charge >= 0.3 is 6.01 Å². The molecule has 3 aromatic rings. The van der Waals surface area contributed by atoms with Crippen molar-refractivity contribution < 1.29 is 9.53 Å². The molecule has 0 fully saturated rings. The third kappa shape index (κ3) is 5.79. The molecule has 31 heavy (non-hydrogen) atoms. The minimum Gasteiger partial charge on any atom is -0.424 e. The quantitative estimate of drug-likeness (QED) is 0.492. The molecule has 1 aromatic heterocycles. The van der Waals surface area contributed by atoms with Crippen molar-refractivity contribution in [1.29, 1.82) is 0 Å². The van der Waals surface area contributed by atoms with Crippen molar-refractivity contribution in [2.75, 3.05) is 6.54 Å². The summed E-state index contributed by atoms with van der Waals surface area (Å²) in [5.41, 5.74) is 5.28. The van der Waals surface area contributed by atoms with E-state index in [0.717, 1.165) is 24.0 Å². The molecule has 4 rings (SSSR count). The molecule has 1 aliphatic rings. The topological polar surface area (TPSA) is 64.1 Å². The van der Waals surface area contributed by atoms with Crippen LogP contribution in [0.3, 0.4) is 0 Å². The lowest BCUT2D eigenvalue weighted by atomic mass is 9.97. The van der Waals surface area contributed by atoms with E-state index in [1.807, 2.05) is 12.1 Å². The number of amides is 1. The summed E-state index contributed by atoms with van der Waals surface area (Å²) in [7, 11) is 0. The molecule has 0 spiro atoms. The Morgan fingerprint density at radius 2 is 1.71 bits per heavy atom. The lowest BCUT2D eigenvalue weighted by Crippen LogP contribution is -2.24. The first-order valence-electron chi connectivity index (χ1n) is 10.8. The molecular weight excluding hydrogens is 386 g/mol. The molecule has 0 bridgehead atoms. The van der Waals surface area contributed by atoms with E-state index in [1.54, 1.807) is 36.7 Å². The first-order valence-corrected chi connectivity index (χ1v) is 10.8. The highest BCUT2D eigenvalue weighted by Gasteiger charge is 2.08. The van der Waals surface area contributed by atoms with Gasteiger partial charge in [-0.05, 0) is 68.9 Å². The number of nitrogens with zero attached hydrogens (tertiary/aromatic N) is 2. The van der Waals surface area contributed by atoms with Gasteiger partial charge in [0.15, 0.2) is 0 Å². The summed E-state index contributed by atoms with van der Waals surface area (Å²) in [6, 6.07) is 15.5. The molecule has 0 saturated carbocycles. The highest BCUT2D eigenvalue weighted by Crippen LogP contribution is 2.22. The third-order valence-corrected chi connectivity index (χ3v) is 5.46. The maximum absolute atomic E-state index is 12.4. The van der Waals surface area contributed by atoms with Crippen molar-refractivity contribution in [2.45, 2.75) is 39.0 Å². The lowest BCUT2D eigenvalue weighted by molar-refractivity contribution is 0.0954. The van der Waals surface area contributed by atoms with Crippen molar-refractivity contribution >= 4 is 5.91 Å². The Labute approximate surface area is 183 Å². The molecule has 158 valence electrons. The number of ether oxygens (including phenoxy) is 1. The van der Waals surface area contributed by atoms with Crippen molar-refractivity contribution in [3.8, 4) is 22.9 Å². The van der Waals surface area contributed by atoms with Crippen LogP contribution in [0.25, 0.3) is 11.1 Å². The van der Waals surface area contributed by atoms with Gasteiger partial charge in [-0.25, -0.2) is 9.97 Å². The Morgan fingerprint density at radius 3 is 2.39 bits per heavy atom. The monoisotopic (exact) mass is 413 g/mol. The maximum atomic E-state index is 12.4. The number of aryl methyl sites for hydroxylation is 1. The summed E-state index contributed by atoms with van der Waals surface area (Å²) in [5, 5.41) is 3.00. The molecule has 0 atom stereocenters. The van der Waals surface area contributed by atoms with Crippen molar-refractivity contribution in [2.24, 2.45) is 0 Å². The predicted octanol–water partition coefficient (Wildman–Crippen LogP) is 5.86. The van der Waals surface area contributed by atoms with E-state index in [1.165, 1.54) is 30.4 Å². The van der Waals surface area contributed by atoms with Gasteiger partial charge in [-0.2, -0.15) is 0 Å². The molecule has 5 heteroatoms. The molecule has 0 unspecified atom stereocenters. The second kappa shape index (κ2) is 10.0. The van der Waals surface area contributed by atoms with Gasteiger partial charge in [-0.1, -0.05) is 41.5 Å². The first kappa shape index (κ1) is 20.8. The molecule has 1 heterocycles. The zero-order valence-electron chi connectivity index (χ0n) is 17.8. The van der Waals surface area contributed by atoms with Crippen LogP contribution in [0.2, 0.25) is 0 Å². The highest BCUT2D eigenvalue weighted by molar-refractivity contribution is 5.94. The Bertz CT molecular complexity index is 1040. The lowest BCUT2D eigenvalue weighted by Gasteiger charge is -2.13. The van der Waals surface area contributed by atoms with Crippen LogP contribution < -0.4 is 10.1 Å². The minimum atomic E-state index is -0.0679. The average molecular weight is 414 g/mol. The number of rotatable bonds is 7. The zero-order chi connectivity index (χ0) is 21.5. The van der Waals surface area contributed by atoms with Crippen LogP contribution >= 0.6 is 0 Å². The summed E-state index contributed by atoms with van der Waals surface area (Å²) >= 11 is 0. The van der Waals surface area contributed by atoms with E-state index >= 15 is 0 Å². The molecular formula is C26H27N3O2. The largest absolute Gasteiger partial charge is 0.424 e. The SMILES string of the molecule is Cc1ccc(-c2cnc(Oc3ccc(C(=O)NCCC4=CCCCC4)cc3)nc2)cc1. The molecule has 1 amide bonds. The predicted molar refractivity (Wildman–Crippen MR) is 122 cm³/mol. The van der Waals surface area contributed by atoms with Crippen LogP contribution in [0.5, 0.6) is 11.8 Å². The van der Waals surface area contributed by atoms with Crippen molar-refractivity contribution in [1.82, 2.24) is 15.3 Å². The molecule has 0 aliphatic heterocycles. The smallest absolute Gasteiger partial charge is 0.321 e. The van der Waals surface area contributed by atoms with Gasteiger partial charge in [0.25, 0.3) is 5.91 Å². The fraction of sp³-hybridized carbons (Fsp3) is 0.269. The fourth-order valence-electron chi connectivity index (χ4n) is 3.61. The number of carbonyl (C=O) groups is 1. The van der Waals surface area contributed by atoms with Crippen LogP contribution in [0.4, 0.5) is 0 Å². The van der Waals surface area contributed by atoms with Gasteiger partial charge in [0.1, 0.15) is 5.75 Å². The Kier molecular flexibility index (Phi) is 6.72. The number of hydrogen-bond donors (Lipinski definition) is 1. The first-order chi connectivity index (χ1) is 15.2. The Hall–Kier alpha value is -3.47. The summed E-state index contributed by atoms with van der Waals surface area (Å²) < 4.78 is 5.72. The Balaban J connectivity index is 1.30. The minimum absolute atomic E-state index is 0.0679. The second-order valence-electron chi connectivity index (χ2n) is 7.86. The van der Waals surface area contributed by atoms with Crippen LogP contribution in [0, 0.1) is 6.92 Å². The molecule has 1 N–H and O–H groups in total.